The summed E-state index contributed by atoms with van der Waals surface area (Å²) in [5.41, 5.74) is 2.33. The van der Waals surface area contributed by atoms with E-state index >= 15 is 0 Å². The summed E-state index contributed by atoms with van der Waals surface area (Å²) in [5, 5.41) is 9.79. The van der Waals surface area contributed by atoms with Crippen molar-refractivity contribution in [1.82, 2.24) is 9.21 Å². The zero-order chi connectivity index (χ0) is 22.9. The van der Waals surface area contributed by atoms with Crippen LogP contribution in [0.25, 0.3) is 5.57 Å². The molecule has 1 saturated carbocycles. The van der Waals surface area contributed by atoms with Gasteiger partial charge in [-0.1, -0.05) is 19.1 Å². The monoisotopic (exact) mass is 462 g/mol. The molecule has 6 nitrogen and oxygen atoms in total. The summed E-state index contributed by atoms with van der Waals surface area (Å²) >= 11 is 0. The Labute approximate surface area is 193 Å². The van der Waals surface area contributed by atoms with Crippen LogP contribution in [0.15, 0.2) is 29.2 Å². The van der Waals surface area contributed by atoms with Gasteiger partial charge < -0.3 is 14.7 Å². The summed E-state index contributed by atoms with van der Waals surface area (Å²) in [5.74, 6) is 1.22. The first-order valence-electron chi connectivity index (χ1n) is 12.1. The molecule has 1 aromatic rings. The van der Waals surface area contributed by atoms with Crippen LogP contribution in [0.1, 0.15) is 57.9 Å². The maximum absolute atomic E-state index is 13.6. The van der Waals surface area contributed by atoms with E-state index in [2.05, 4.69) is 24.9 Å². The predicted molar refractivity (Wildman–Crippen MR) is 127 cm³/mol. The smallest absolute Gasteiger partial charge is 0.247 e. The van der Waals surface area contributed by atoms with E-state index in [0.717, 1.165) is 43.8 Å². The lowest BCUT2D eigenvalue weighted by Crippen LogP contribution is -2.49. The lowest BCUT2D eigenvalue weighted by Gasteiger charge is -2.37. The standard InChI is InChI=1S/C25H38N2O4S/c1-18-14-27(19(2)17-28)32(29,30)25-12-11-22(21-7-5-4-6-8-21)13-23(25)31-24(18)16-26(3)15-20-9-10-20/h7,11-13,18-20,24,28H,4-6,8-10,14-17H2,1-3H3/t18-,19-,24-/m1/s1. The van der Waals surface area contributed by atoms with E-state index in [1.165, 1.54) is 29.1 Å². The number of hydrogen-bond acceptors (Lipinski definition) is 5. The third-order valence-electron chi connectivity index (χ3n) is 7.09. The van der Waals surface area contributed by atoms with Crippen molar-refractivity contribution >= 4 is 15.6 Å². The van der Waals surface area contributed by atoms with E-state index in [-0.39, 0.29) is 23.5 Å². The van der Waals surface area contributed by atoms with Crippen molar-refractivity contribution in [3.8, 4) is 5.75 Å². The highest BCUT2D eigenvalue weighted by molar-refractivity contribution is 7.89. The Morgan fingerprint density at radius 1 is 1.25 bits per heavy atom. The molecule has 0 bridgehead atoms. The number of ether oxygens (including phenoxy) is 1. The van der Waals surface area contributed by atoms with E-state index in [0.29, 0.717) is 12.3 Å². The fraction of sp³-hybridized carbons (Fsp3) is 0.680. The van der Waals surface area contributed by atoms with Crippen LogP contribution >= 0.6 is 0 Å². The topological polar surface area (TPSA) is 70.1 Å². The highest BCUT2D eigenvalue weighted by Gasteiger charge is 2.38. The Morgan fingerprint density at radius 2 is 2.03 bits per heavy atom. The number of nitrogens with zero attached hydrogens (tertiary/aromatic N) is 2. The average molecular weight is 463 g/mol. The van der Waals surface area contributed by atoms with Crippen LogP contribution in [0.5, 0.6) is 5.75 Å². The molecule has 1 N–H and O–H groups in total. The second-order valence-electron chi connectivity index (χ2n) is 10.0. The fourth-order valence-corrected chi connectivity index (χ4v) is 6.69. The molecular formula is C25H38N2O4S. The maximum Gasteiger partial charge on any atom is 0.247 e. The second-order valence-corrected chi connectivity index (χ2v) is 11.9. The SMILES string of the molecule is C[C@@H]1CN([C@H](C)CO)S(=O)(=O)c2ccc(C3=CCCCC3)cc2O[C@@H]1CN(C)CC1CC1. The summed E-state index contributed by atoms with van der Waals surface area (Å²) in [6.45, 7) is 5.76. The van der Waals surface area contributed by atoms with Gasteiger partial charge >= 0.3 is 0 Å². The first-order valence-corrected chi connectivity index (χ1v) is 13.5. The first-order chi connectivity index (χ1) is 15.3. The summed E-state index contributed by atoms with van der Waals surface area (Å²) in [6, 6.07) is 5.06. The van der Waals surface area contributed by atoms with E-state index in [9.17, 15) is 13.5 Å². The Morgan fingerprint density at radius 3 is 2.69 bits per heavy atom. The van der Waals surface area contributed by atoms with Crippen LogP contribution in [-0.4, -0.2) is 68.2 Å². The van der Waals surface area contributed by atoms with Gasteiger partial charge in [0.2, 0.25) is 10.0 Å². The van der Waals surface area contributed by atoms with Gasteiger partial charge in [0.1, 0.15) is 16.7 Å². The highest BCUT2D eigenvalue weighted by atomic mass is 32.2. The van der Waals surface area contributed by atoms with Crippen molar-refractivity contribution in [3.63, 3.8) is 0 Å². The molecular weight excluding hydrogens is 424 g/mol. The summed E-state index contributed by atoms with van der Waals surface area (Å²) in [4.78, 5) is 2.53. The van der Waals surface area contributed by atoms with Crippen molar-refractivity contribution in [2.75, 3.05) is 33.3 Å². The number of aliphatic hydroxyl groups is 1. The third kappa shape index (κ3) is 5.22. The van der Waals surface area contributed by atoms with Crippen molar-refractivity contribution in [1.29, 1.82) is 0 Å². The van der Waals surface area contributed by atoms with Crippen LogP contribution in [0.3, 0.4) is 0 Å². The van der Waals surface area contributed by atoms with E-state index < -0.39 is 16.1 Å². The van der Waals surface area contributed by atoms with Crippen LogP contribution in [0.2, 0.25) is 0 Å². The number of allylic oxidation sites excluding steroid dienone is 2. The minimum absolute atomic E-state index is 0.00821. The molecule has 1 aromatic carbocycles. The van der Waals surface area contributed by atoms with Crippen LogP contribution in [-0.2, 0) is 10.0 Å². The number of rotatable bonds is 7. The number of benzene rings is 1. The van der Waals surface area contributed by atoms with E-state index in [4.69, 9.17) is 4.74 Å². The summed E-state index contributed by atoms with van der Waals surface area (Å²) < 4.78 is 35.2. The lowest BCUT2D eigenvalue weighted by molar-refractivity contribution is 0.0740. The van der Waals surface area contributed by atoms with Crippen LogP contribution in [0, 0.1) is 11.8 Å². The molecule has 178 valence electrons. The minimum atomic E-state index is -3.78. The molecule has 0 spiro atoms. The molecule has 3 atom stereocenters. The normalized spacial score (nSPS) is 27.1. The first kappa shape index (κ1) is 23.7. The molecule has 3 aliphatic rings. The van der Waals surface area contributed by atoms with Gasteiger partial charge in [-0.3, -0.25) is 0 Å². The van der Waals surface area contributed by atoms with Gasteiger partial charge in [-0.25, -0.2) is 8.42 Å². The Hall–Kier alpha value is -1.41. The van der Waals surface area contributed by atoms with Gasteiger partial charge in [-0.15, -0.1) is 0 Å². The van der Waals surface area contributed by atoms with Crippen molar-refractivity contribution in [3.05, 3.63) is 29.8 Å². The summed E-state index contributed by atoms with van der Waals surface area (Å²) in [7, 11) is -1.65. The zero-order valence-electron chi connectivity index (χ0n) is 19.7. The van der Waals surface area contributed by atoms with Gasteiger partial charge in [0, 0.05) is 31.6 Å². The number of sulfonamides is 1. The van der Waals surface area contributed by atoms with Crippen molar-refractivity contribution in [2.24, 2.45) is 11.8 Å². The third-order valence-corrected chi connectivity index (χ3v) is 9.11. The van der Waals surface area contributed by atoms with Crippen LogP contribution < -0.4 is 4.74 Å². The Balaban J connectivity index is 1.71. The van der Waals surface area contributed by atoms with Gasteiger partial charge in [0.05, 0.1) is 6.61 Å². The molecule has 2 aliphatic carbocycles. The Kier molecular flexibility index (Phi) is 7.30. The van der Waals surface area contributed by atoms with Crippen molar-refractivity contribution in [2.45, 2.75) is 69.4 Å². The quantitative estimate of drug-likeness (QED) is 0.668. The van der Waals surface area contributed by atoms with Crippen molar-refractivity contribution < 1.29 is 18.3 Å². The number of fused-ring (bicyclic) bond motifs is 1. The number of likely N-dealkylation sites (N-methyl/N-ethyl adjacent to an activating group) is 1. The molecule has 0 saturated heterocycles. The molecule has 0 radical (unpaired) electrons. The van der Waals surface area contributed by atoms with Crippen LogP contribution in [0.4, 0.5) is 0 Å². The predicted octanol–water partition coefficient (Wildman–Crippen LogP) is 3.75. The van der Waals surface area contributed by atoms with E-state index in [1.54, 1.807) is 13.0 Å². The molecule has 1 fully saturated rings. The average Bonchev–Trinajstić information content (AvgIpc) is 3.59. The molecule has 0 amide bonds. The summed E-state index contributed by atoms with van der Waals surface area (Å²) in [6.07, 6.45) is 9.20. The second kappa shape index (κ2) is 9.84. The minimum Gasteiger partial charge on any atom is -0.487 e. The van der Waals surface area contributed by atoms with E-state index in [1.807, 2.05) is 12.1 Å². The Bertz CT molecular complexity index is 941. The molecule has 4 rings (SSSR count). The number of aliphatic hydroxyl groups excluding tert-OH is 1. The van der Waals surface area contributed by atoms with Gasteiger partial charge in [-0.05, 0) is 81.7 Å². The van der Waals surface area contributed by atoms with Gasteiger partial charge in [-0.2, -0.15) is 4.31 Å². The highest BCUT2D eigenvalue weighted by Crippen LogP contribution is 2.37. The lowest BCUT2D eigenvalue weighted by atomic mass is 9.93. The van der Waals surface area contributed by atoms with Gasteiger partial charge in [0.15, 0.2) is 0 Å². The largest absolute Gasteiger partial charge is 0.487 e. The molecule has 1 heterocycles. The fourth-order valence-electron chi connectivity index (χ4n) is 4.87. The molecule has 32 heavy (non-hydrogen) atoms. The number of hydrogen-bond donors (Lipinski definition) is 1. The van der Waals surface area contributed by atoms with Gasteiger partial charge in [0.25, 0.3) is 0 Å². The zero-order valence-corrected chi connectivity index (χ0v) is 20.5. The molecule has 1 aliphatic heterocycles. The molecule has 0 unspecified atom stereocenters. The molecule has 7 heteroatoms. The molecule has 0 aromatic heterocycles. The maximum atomic E-state index is 13.6.